The molecule has 0 saturated carbocycles. The van der Waals surface area contributed by atoms with Crippen LogP contribution < -0.4 is 5.32 Å². The number of phenols is 1. The molecule has 0 aliphatic carbocycles. The molecule has 2 rings (SSSR count). The van der Waals surface area contributed by atoms with Crippen molar-refractivity contribution in [2.75, 3.05) is 14.1 Å². The van der Waals surface area contributed by atoms with E-state index in [-0.39, 0.29) is 0 Å². The number of nitrogens with one attached hydrogen (secondary N) is 1. The van der Waals surface area contributed by atoms with Gasteiger partial charge in [0.1, 0.15) is 5.75 Å². The molecule has 2 aromatic rings. The van der Waals surface area contributed by atoms with Gasteiger partial charge in [0.05, 0.1) is 0 Å². The summed E-state index contributed by atoms with van der Waals surface area (Å²) in [6.45, 7) is 4.33. The number of hydrogen-bond acceptors (Lipinski definition) is 3. The van der Waals surface area contributed by atoms with Crippen LogP contribution in [0, 0.1) is 6.92 Å². The van der Waals surface area contributed by atoms with Gasteiger partial charge in [-0.1, -0.05) is 42.5 Å². The van der Waals surface area contributed by atoms with Crippen molar-refractivity contribution in [3.63, 3.8) is 0 Å². The summed E-state index contributed by atoms with van der Waals surface area (Å²) < 4.78 is 0. The zero-order valence-corrected chi connectivity index (χ0v) is 13.1. The van der Waals surface area contributed by atoms with E-state index in [1.165, 1.54) is 11.1 Å². The van der Waals surface area contributed by atoms with Crippen molar-refractivity contribution in [1.29, 1.82) is 0 Å². The molecule has 0 unspecified atom stereocenters. The Balaban J connectivity index is 1.99. The first-order chi connectivity index (χ1) is 10.1. The van der Waals surface area contributed by atoms with Crippen LogP contribution in [-0.2, 0) is 19.6 Å². The first-order valence-electron chi connectivity index (χ1n) is 7.27. The lowest BCUT2D eigenvalue weighted by atomic mass is 10.1. The normalized spacial score (nSPS) is 11.0. The lowest BCUT2D eigenvalue weighted by molar-refractivity contribution is 0.400. The minimum atomic E-state index is 0.395. The van der Waals surface area contributed by atoms with E-state index in [0.717, 1.165) is 24.2 Å². The zero-order chi connectivity index (χ0) is 15.2. The van der Waals surface area contributed by atoms with Gasteiger partial charge in [0, 0.05) is 25.2 Å². The minimum Gasteiger partial charge on any atom is -0.507 e. The highest BCUT2D eigenvalue weighted by atomic mass is 16.3. The van der Waals surface area contributed by atoms with E-state index in [2.05, 4.69) is 48.6 Å². The number of aryl methyl sites for hydroxylation is 1. The van der Waals surface area contributed by atoms with E-state index in [4.69, 9.17) is 0 Å². The zero-order valence-electron chi connectivity index (χ0n) is 13.1. The van der Waals surface area contributed by atoms with Crippen LogP contribution >= 0.6 is 0 Å². The van der Waals surface area contributed by atoms with Gasteiger partial charge in [-0.3, -0.25) is 0 Å². The summed E-state index contributed by atoms with van der Waals surface area (Å²) >= 11 is 0. The number of benzene rings is 2. The average molecular weight is 284 g/mol. The maximum Gasteiger partial charge on any atom is 0.122 e. The molecule has 0 aliphatic rings. The Morgan fingerprint density at radius 2 is 1.52 bits per heavy atom. The van der Waals surface area contributed by atoms with Crippen molar-refractivity contribution in [1.82, 2.24) is 10.2 Å². The van der Waals surface area contributed by atoms with Crippen molar-refractivity contribution < 1.29 is 5.11 Å². The second-order valence-corrected chi connectivity index (χ2v) is 5.69. The molecule has 0 aromatic heterocycles. The SMILES string of the molecule is Cc1cccc(CNCc2ccccc2CN(C)C)c1O. The molecule has 0 saturated heterocycles. The summed E-state index contributed by atoms with van der Waals surface area (Å²) in [4.78, 5) is 2.17. The van der Waals surface area contributed by atoms with Crippen LogP contribution in [0.1, 0.15) is 22.3 Å². The second-order valence-electron chi connectivity index (χ2n) is 5.69. The van der Waals surface area contributed by atoms with Crippen molar-refractivity contribution in [3.8, 4) is 5.75 Å². The molecule has 0 bridgehead atoms. The highest BCUT2D eigenvalue weighted by molar-refractivity contribution is 5.39. The first kappa shape index (κ1) is 15.5. The Labute approximate surface area is 127 Å². The molecule has 0 spiro atoms. The largest absolute Gasteiger partial charge is 0.507 e. The van der Waals surface area contributed by atoms with E-state index in [1.54, 1.807) is 0 Å². The molecule has 0 amide bonds. The second kappa shape index (κ2) is 7.25. The van der Waals surface area contributed by atoms with Crippen LogP contribution in [0.15, 0.2) is 42.5 Å². The quantitative estimate of drug-likeness (QED) is 0.856. The summed E-state index contributed by atoms with van der Waals surface area (Å²) in [5, 5.41) is 13.4. The monoisotopic (exact) mass is 284 g/mol. The van der Waals surface area contributed by atoms with Gasteiger partial charge in [-0.15, -0.1) is 0 Å². The summed E-state index contributed by atoms with van der Waals surface area (Å²) in [5.74, 6) is 0.395. The molecule has 112 valence electrons. The predicted molar refractivity (Wildman–Crippen MR) is 87.2 cm³/mol. The van der Waals surface area contributed by atoms with Gasteiger partial charge in [-0.2, -0.15) is 0 Å². The predicted octanol–water partition coefficient (Wildman–Crippen LogP) is 3.05. The van der Waals surface area contributed by atoms with Crippen LogP contribution in [0.4, 0.5) is 0 Å². The Kier molecular flexibility index (Phi) is 5.37. The van der Waals surface area contributed by atoms with E-state index in [9.17, 15) is 5.11 Å². The third kappa shape index (κ3) is 4.31. The number of hydrogen-bond donors (Lipinski definition) is 2. The lowest BCUT2D eigenvalue weighted by Crippen LogP contribution is -2.17. The fourth-order valence-corrected chi connectivity index (χ4v) is 2.42. The summed E-state index contributed by atoms with van der Waals surface area (Å²) in [7, 11) is 4.16. The van der Waals surface area contributed by atoms with Crippen molar-refractivity contribution >= 4 is 0 Å². The van der Waals surface area contributed by atoms with Crippen molar-refractivity contribution in [3.05, 3.63) is 64.7 Å². The third-order valence-electron chi connectivity index (χ3n) is 3.56. The van der Waals surface area contributed by atoms with Gasteiger partial charge >= 0.3 is 0 Å². The van der Waals surface area contributed by atoms with E-state index in [1.807, 2.05) is 25.1 Å². The number of rotatable bonds is 6. The number of para-hydroxylation sites is 1. The number of aromatic hydroxyl groups is 1. The molecule has 0 fully saturated rings. The number of phenolic OH excluding ortho intramolecular Hbond substituents is 1. The maximum atomic E-state index is 10.0. The Bertz CT molecular complexity index is 594. The standard InChI is InChI=1S/C18H24N2O/c1-14-7-6-10-16(18(14)21)12-19-11-15-8-4-5-9-17(15)13-20(2)3/h4-10,19,21H,11-13H2,1-3H3. The molecule has 21 heavy (non-hydrogen) atoms. The van der Waals surface area contributed by atoms with Crippen molar-refractivity contribution in [2.24, 2.45) is 0 Å². The smallest absolute Gasteiger partial charge is 0.122 e. The lowest BCUT2D eigenvalue weighted by Gasteiger charge is -2.15. The molecular formula is C18H24N2O. The molecule has 2 aromatic carbocycles. The first-order valence-corrected chi connectivity index (χ1v) is 7.27. The van der Waals surface area contributed by atoms with Crippen LogP contribution in [0.3, 0.4) is 0 Å². The van der Waals surface area contributed by atoms with Gasteiger partial charge in [-0.05, 0) is 37.7 Å². The summed E-state index contributed by atoms with van der Waals surface area (Å²) in [6, 6.07) is 14.3. The molecule has 0 radical (unpaired) electrons. The molecule has 3 heteroatoms. The van der Waals surface area contributed by atoms with Gasteiger partial charge in [0.25, 0.3) is 0 Å². The van der Waals surface area contributed by atoms with Gasteiger partial charge in [0.15, 0.2) is 0 Å². The van der Waals surface area contributed by atoms with Crippen LogP contribution in [0.5, 0.6) is 5.75 Å². The van der Waals surface area contributed by atoms with Gasteiger partial charge in [-0.25, -0.2) is 0 Å². The molecule has 3 nitrogen and oxygen atoms in total. The van der Waals surface area contributed by atoms with E-state index >= 15 is 0 Å². The average Bonchev–Trinajstić information content (AvgIpc) is 2.45. The highest BCUT2D eigenvalue weighted by Gasteiger charge is 2.05. The van der Waals surface area contributed by atoms with Gasteiger partial charge < -0.3 is 15.3 Å². The maximum absolute atomic E-state index is 10.0. The topological polar surface area (TPSA) is 35.5 Å². The van der Waals surface area contributed by atoms with E-state index in [0.29, 0.717) is 12.3 Å². The van der Waals surface area contributed by atoms with Crippen LogP contribution in [-0.4, -0.2) is 24.1 Å². The molecular weight excluding hydrogens is 260 g/mol. The molecule has 0 aliphatic heterocycles. The minimum absolute atomic E-state index is 0.395. The summed E-state index contributed by atoms with van der Waals surface area (Å²) in [6.07, 6.45) is 0. The third-order valence-corrected chi connectivity index (χ3v) is 3.56. The Morgan fingerprint density at radius 1 is 0.905 bits per heavy atom. The van der Waals surface area contributed by atoms with Crippen molar-refractivity contribution in [2.45, 2.75) is 26.6 Å². The Hall–Kier alpha value is -1.84. The molecule has 0 heterocycles. The fourth-order valence-electron chi connectivity index (χ4n) is 2.42. The molecule has 2 N–H and O–H groups in total. The van der Waals surface area contributed by atoms with Crippen LogP contribution in [0.2, 0.25) is 0 Å². The molecule has 0 atom stereocenters. The summed E-state index contributed by atoms with van der Waals surface area (Å²) in [5.41, 5.74) is 4.50. The highest BCUT2D eigenvalue weighted by Crippen LogP contribution is 2.21. The van der Waals surface area contributed by atoms with E-state index < -0.39 is 0 Å². The van der Waals surface area contributed by atoms with Gasteiger partial charge in [0.2, 0.25) is 0 Å². The Morgan fingerprint density at radius 3 is 2.24 bits per heavy atom. The fraction of sp³-hybridized carbons (Fsp3) is 0.333. The number of nitrogens with zero attached hydrogens (tertiary/aromatic N) is 1. The van der Waals surface area contributed by atoms with Crippen LogP contribution in [0.25, 0.3) is 0 Å².